The molecular formula is C12H18N4O2. The van der Waals surface area contributed by atoms with Crippen LogP contribution in [-0.4, -0.2) is 30.4 Å². The molecule has 1 aromatic heterocycles. The van der Waals surface area contributed by atoms with Crippen molar-refractivity contribution in [3.05, 3.63) is 23.9 Å². The average molecular weight is 250 g/mol. The number of nitrogens with zero attached hydrogens (tertiary/aromatic N) is 1. The van der Waals surface area contributed by atoms with Crippen LogP contribution < -0.4 is 16.4 Å². The highest BCUT2D eigenvalue weighted by molar-refractivity contribution is 5.92. The Balaban J connectivity index is 2.33. The van der Waals surface area contributed by atoms with Gasteiger partial charge in [0, 0.05) is 20.0 Å². The van der Waals surface area contributed by atoms with E-state index in [0.29, 0.717) is 30.9 Å². The standard InChI is InChI=1S/C12H18N4O2/c1-14-11-7-4-5-9(16-11)12(18)15-8-3-2-6-10(13)17/h4-5,7H,2-3,6,8H2,1H3,(H2,13,17)(H,14,16)(H,15,18). The summed E-state index contributed by atoms with van der Waals surface area (Å²) in [7, 11) is 1.74. The number of unbranched alkanes of at least 4 members (excludes halogenated alkanes) is 1. The van der Waals surface area contributed by atoms with E-state index in [1.54, 1.807) is 25.2 Å². The van der Waals surface area contributed by atoms with Crippen molar-refractivity contribution in [3.8, 4) is 0 Å². The first kappa shape index (κ1) is 14.0. The van der Waals surface area contributed by atoms with E-state index in [9.17, 15) is 9.59 Å². The van der Waals surface area contributed by atoms with Crippen LogP contribution in [0.4, 0.5) is 5.82 Å². The number of carbonyl (C=O) groups is 2. The first-order chi connectivity index (χ1) is 8.63. The number of aromatic nitrogens is 1. The van der Waals surface area contributed by atoms with Crippen LogP contribution in [0.25, 0.3) is 0 Å². The van der Waals surface area contributed by atoms with Crippen molar-refractivity contribution >= 4 is 17.6 Å². The number of amides is 2. The molecule has 0 fully saturated rings. The summed E-state index contributed by atoms with van der Waals surface area (Å²) in [6, 6.07) is 5.20. The van der Waals surface area contributed by atoms with E-state index >= 15 is 0 Å². The van der Waals surface area contributed by atoms with Gasteiger partial charge in [0.1, 0.15) is 11.5 Å². The van der Waals surface area contributed by atoms with Gasteiger partial charge in [0.05, 0.1) is 0 Å². The van der Waals surface area contributed by atoms with Crippen molar-refractivity contribution in [2.24, 2.45) is 5.73 Å². The number of pyridine rings is 1. The van der Waals surface area contributed by atoms with E-state index in [-0.39, 0.29) is 11.8 Å². The third kappa shape index (κ3) is 4.82. The Kier molecular flexibility index (Phi) is 5.63. The molecule has 0 bridgehead atoms. The molecule has 0 atom stereocenters. The molecule has 0 saturated carbocycles. The zero-order chi connectivity index (χ0) is 13.4. The number of rotatable bonds is 7. The van der Waals surface area contributed by atoms with Crippen molar-refractivity contribution < 1.29 is 9.59 Å². The van der Waals surface area contributed by atoms with Gasteiger partial charge < -0.3 is 16.4 Å². The van der Waals surface area contributed by atoms with Crippen LogP contribution in [0.5, 0.6) is 0 Å². The van der Waals surface area contributed by atoms with Crippen LogP contribution in [0, 0.1) is 0 Å². The highest BCUT2D eigenvalue weighted by atomic mass is 16.2. The molecule has 0 aliphatic heterocycles. The largest absolute Gasteiger partial charge is 0.373 e. The van der Waals surface area contributed by atoms with E-state index in [4.69, 9.17) is 5.73 Å². The second kappa shape index (κ2) is 7.26. The minimum absolute atomic E-state index is 0.217. The summed E-state index contributed by atoms with van der Waals surface area (Å²) in [6.07, 6.45) is 1.75. The fourth-order valence-electron chi connectivity index (χ4n) is 1.42. The molecule has 4 N–H and O–H groups in total. The van der Waals surface area contributed by atoms with Gasteiger partial charge in [0.25, 0.3) is 5.91 Å². The molecule has 0 saturated heterocycles. The Morgan fingerprint density at radius 3 is 2.78 bits per heavy atom. The van der Waals surface area contributed by atoms with Crippen LogP contribution in [0.2, 0.25) is 0 Å². The van der Waals surface area contributed by atoms with E-state index in [2.05, 4.69) is 15.6 Å². The molecule has 1 rings (SSSR count). The molecule has 0 unspecified atom stereocenters. The molecule has 0 radical (unpaired) electrons. The number of nitrogens with two attached hydrogens (primary N) is 1. The van der Waals surface area contributed by atoms with Crippen molar-refractivity contribution in [1.29, 1.82) is 0 Å². The van der Waals surface area contributed by atoms with Crippen molar-refractivity contribution in [2.45, 2.75) is 19.3 Å². The smallest absolute Gasteiger partial charge is 0.269 e. The molecule has 2 amide bonds. The maximum absolute atomic E-state index is 11.7. The second-order valence-electron chi connectivity index (χ2n) is 3.84. The molecule has 0 aliphatic rings. The van der Waals surface area contributed by atoms with E-state index in [1.165, 1.54) is 0 Å². The monoisotopic (exact) mass is 250 g/mol. The zero-order valence-electron chi connectivity index (χ0n) is 10.4. The number of primary amides is 1. The highest BCUT2D eigenvalue weighted by Gasteiger charge is 2.06. The van der Waals surface area contributed by atoms with Crippen LogP contribution >= 0.6 is 0 Å². The first-order valence-electron chi connectivity index (χ1n) is 5.85. The first-order valence-corrected chi connectivity index (χ1v) is 5.85. The summed E-state index contributed by atoms with van der Waals surface area (Å²) in [5.41, 5.74) is 5.39. The highest BCUT2D eigenvalue weighted by Crippen LogP contribution is 2.03. The lowest BCUT2D eigenvalue weighted by Crippen LogP contribution is -2.25. The van der Waals surface area contributed by atoms with Gasteiger partial charge in [-0.3, -0.25) is 9.59 Å². The third-order valence-electron chi connectivity index (χ3n) is 2.37. The molecule has 6 heteroatoms. The fraction of sp³-hybridized carbons (Fsp3) is 0.417. The molecule has 1 heterocycles. The van der Waals surface area contributed by atoms with Gasteiger partial charge in [0.15, 0.2) is 0 Å². The Labute approximate surface area is 106 Å². The van der Waals surface area contributed by atoms with E-state index in [1.807, 2.05) is 0 Å². The molecule has 6 nitrogen and oxygen atoms in total. The SMILES string of the molecule is CNc1cccc(C(=O)NCCCCC(N)=O)n1. The summed E-state index contributed by atoms with van der Waals surface area (Å²) in [5.74, 6) is 0.118. The van der Waals surface area contributed by atoms with Gasteiger partial charge >= 0.3 is 0 Å². The summed E-state index contributed by atoms with van der Waals surface area (Å²) in [5, 5.41) is 5.61. The van der Waals surface area contributed by atoms with Gasteiger partial charge in [0.2, 0.25) is 5.91 Å². The molecule has 1 aromatic rings. The molecule has 98 valence electrons. The summed E-state index contributed by atoms with van der Waals surface area (Å²) in [4.78, 5) is 26.3. The van der Waals surface area contributed by atoms with Gasteiger partial charge in [-0.15, -0.1) is 0 Å². The van der Waals surface area contributed by atoms with Gasteiger partial charge in [-0.2, -0.15) is 0 Å². The van der Waals surface area contributed by atoms with Crippen LogP contribution in [0.3, 0.4) is 0 Å². The normalized spacial score (nSPS) is 9.83. The molecule has 0 spiro atoms. The lowest BCUT2D eigenvalue weighted by atomic mass is 10.2. The Morgan fingerprint density at radius 2 is 2.11 bits per heavy atom. The van der Waals surface area contributed by atoms with Crippen LogP contribution in [-0.2, 0) is 4.79 Å². The number of hydrogen-bond donors (Lipinski definition) is 3. The summed E-state index contributed by atoms with van der Waals surface area (Å²) < 4.78 is 0. The lowest BCUT2D eigenvalue weighted by Gasteiger charge is -2.05. The Hall–Kier alpha value is -2.11. The Bertz CT molecular complexity index is 420. The number of anilines is 1. The topological polar surface area (TPSA) is 97.1 Å². The number of carbonyl (C=O) groups excluding carboxylic acids is 2. The molecule has 18 heavy (non-hydrogen) atoms. The van der Waals surface area contributed by atoms with E-state index < -0.39 is 0 Å². The van der Waals surface area contributed by atoms with Crippen molar-refractivity contribution in [3.63, 3.8) is 0 Å². The minimum Gasteiger partial charge on any atom is -0.373 e. The molecule has 0 aliphatic carbocycles. The van der Waals surface area contributed by atoms with Crippen LogP contribution in [0.15, 0.2) is 18.2 Å². The fourth-order valence-corrected chi connectivity index (χ4v) is 1.42. The van der Waals surface area contributed by atoms with Gasteiger partial charge in [-0.25, -0.2) is 4.98 Å². The maximum atomic E-state index is 11.7. The zero-order valence-corrected chi connectivity index (χ0v) is 10.4. The van der Waals surface area contributed by atoms with Gasteiger partial charge in [-0.05, 0) is 25.0 Å². The predicted molar refractivity (Wildman–Crippen MR) is 69.2 cm³/mol. The predicted octanol–water partition coefficient (Wildman–Crippen LogP) is 0.509. The van der Waals surface area contributed by atoms with Crippen molar-refractivity contribution in [1.82, 2.24) is 10.3 Å². The Morgan fingerprint density at radius 1 is 1.33 bits per heavy atom. The van der Waals surface area contributed by atoms with E-state index in [0.717, 1.165) is 6.42 Å². The second-order valence-corrected chi connectivity index (χ2v) is 3.84. The number of hydrogen-bond acceptors (Lipinski definition) is 4. The summed E-state index contributed by atoms with van der Waals surface area (Å²) in [6.45, 7) is 0.511. The molecular weight excluding hydrogens is 232 g/mol. The quantitative estimate of drug-likeness (QED) is 0.614. The summed E-state index contributed by atoms with van der Waals surface area (Å²) >= 11 is 0. The van der Waals surface area contributed by atoms with Gasteiger partial charge in [-0.1, -0.05) is 6.07 Å². The number of nitrogens with one attached hydrogen (secondary N) is 2. The average Bonchev–Trinajstić information content (AvgIpc) is 2.37. The molecule has 0 aromatic carbocycles. The minimum atomic E-state index is -0.315. The third-order valence-corrected chi connectivity index (χ3v) is 2.37. The maximum Gasteiger partial charge on any atom is 0.269 e. The van der Waals surface area contributed by atoms with Crippen molar-refractivity contribution in [2.75, 3.05) is 18.9 Å². The lowest BCUT2D eigenvalue weighted by molar-refractivity contribution is -0.118. The van der Waals surface area contributed by atoms with Crippen LogP contribution in [0.1, 0.15) is 29.8 Å².